The second-order valence-corrected chi connectivity index (χ2v) is 4.94. The van der Waals surface area contributed by atoms with E-state index in [0.29, 0.717) is 0 Å². The Labute approximate surface area is 108 Å². The van der Waals surface area contributed by atoms with Crippen molar-refractivity contribution in [2.45, 2.75) is 12.2 Å². The Balaban J connectivity index is 2.75. The Morgan fingerprint density at radius 3 is 2.88 bits per heavy atom. The van der Waals surface area contributed by atoms with Gasteiger partial charge in [0, 0.05) is 5.72 Å². The van der Waals surface area contributed by atoms with Gasteiger partial charge in [-0.25, -0.2) is 0 Å². The van der Waals surface area contributed by atoms with Crippen LogP contribution in [0.15, 0.2) is 12.4 Å². The highest BCUT2D eigenvalue weighted by molar-refractivity contribution is 7.98. The van der Waals surface area contributed by atoms with E-state index in [9.17, 15) is 4.79 Å². The lowest BCUT2D eigenvalue weighted by Crippen LogP contribution is -2.51. The van der Waals surface area contributed by atoms with Crippen molar-refractivity contribution in [2.75, 3.05) is 19.1 Å². The number of thioether (sulfide) groups is 1. The number of hydrogen-bond donors (Lipinski definition) is 0. The molecule has 0 fully saturated rings. The smallest absolute Gasteiger partial charge is 0.268 e. The van der Waals surface area contributed by atoms with Crippen LogP contribution in [0.25, 0.3) is 0 Å². The number of methoxy groups -OCH3 is 1. The molecular formula is C11H19BN2O2S. The number of ether oxygens (including phenoxy) is 1. The molecule has 4 nitrogen and oxygen atoms in total. The van der Waals surface area contributed by atoms with E-state index in [0.717, 1.165) is 17.9 Å². The molecule has 1 unspecified atom stereocenters. The van der Waals surface area contributed by atoms with Crippen molar-refractivity contribution in [3.63, 3.8) is 0 Å². The Morgan fingerprint density at radius 2 is 2.41 bits per heavy atom. The third-order valence-electron chi connectivity index (χ3n) is 2.72. The van der Waals surface area contributed by atoms with Gasteiger partial charge in [0.25, 0.3) is 5.97 Å². The van der Waals surface area contributed by atoms with Crippen molar-refractivity contribution in [3.8, 4) is 0 Å². The standard InChI is InChI=1S/C11H19BN2O2S/c1-13-6-7-14(2)11(13)12-9(5-8-17-4)10(15)16-3/h6-7,9H,5,8H2,1-4H3. The second kappa shape index (κ2) is 6.74. The molecule has 0 amide bonds. The van der Waals surface area contributed by atoms with Crippen LogP contribution in [-0.4, -0.2) is 36.9 Å². The van der Waals surface area contributed by atoms with E-state index in [1.165, 1.54) is 7.11 Å². The summed E-state index contributed by atoms with van der Waals surface area (Å²) in [5, 5.41) is 0. The topological polar surface area (TPSA) is 35.1 Å². The number of carbonyl (C=O) groups is 1. The van der Waals surface area contributed by atoms with E-state index in [2.05, 4.69) is 0 Å². The number of carbonyl (C=O) groups excluding carboxylic acids is 1. The summed E-state index contributed by atoms with van der Waals surface area (Å²) in [5.41, 5.74) is 1.02. The largest absolute Gasteiger partial charge is 0.471 e. The number of aromatic nitrogens is 2. The van der Waals surface area contributed by atoms with Crippen molar-refractivity contribution >= 4 is 30.7 Å². The molecule has 1 atom stereocenters. The summed E-state index contributed by atoms with van der Waals surface area (Å²) >= 11 is 1.74. The molecule has 0 spiro atoms. The normalized spacial score (nSPS) is 12.5. The zero-order valence-corrected chi connectivity index (χ0v) is 11.7. The van der Waals surface area contributed by atoms with Crippen molar-refractivity contribution < 1.29 is 14.1 Å². The van der Waals surface area contributed by atoms with Gasteiger partial charge in [-0.1, -0.05) is 6.42 Å². The van der Waals surface area contributed by atoms with Gasteiger partial charge in [-0.15, -0.1) is 5.82 Å². The van der Waals surface area contributed by atoms with Crippen LogP contribution in [0.1, 0.15) is 6.42 Å². The maximum atomic E-state index is 11.7. The summed E-state index contributed by atoms with van der Waals surface area (Å²) in [6, 6.07) is 0. The molecule has 94 valence electrons. The van der Waals surface area contributed by atoms with Gasteiger partial charge in [0.05, 0.1) is 21.2 Å². The zero-order valence-electron chi connectivity index (χ0n) is 10.8. The van der Waals surface area contributed by atoms with Crippen LogP contribution >= 0.6 is 11.8 Å². The fourth-order valence-electron chi connectivity index (χ4n) is 1.68. The Hall–Kier alpha value is -0.905. The maximum absolute atomic E-state index is 11.7. The van der Waals surface area contributed by atoms with Crippen LogP contribution in [0.4, 0.5) is 0 Å². The lowest BCUT2D eigenvalue weighted by molar-refractivity contribution is -0.653. The molecule has 0 saturated carbocycles. The van der Waals surface area contributed by atoms with Crippen molar-refractivity contribution in [1.29, 1.82) is 0 Å². The number of nitrogens with zero attached hydrogens (tertiary/aromatic N) is 2. The molecule has 0 N–H and O–H groups in total. The van der Waals surface area contributed by atoms with Crippen LogP contribution in [0.2, 0.25) is 5.82 Å². The number of imidazole rings is 1. The van der Waals surface area contributed by atoms with E-state index in [4.69, 9.17) is 4.74 Å². The first-order valence-corrected chi connectivity index (χ1v) is 6.92. The maximum Gasteiger partial charge on any atom is 0.268 e. The fraction of sp³-hybridized carbons (Fsp3) is 0.636. The second-order valence-electron chi connectivity index (χ2n) is 3.96. The van der Waals surface area contributed by atoms with E-state index in [1.807, 2.05) is 49.2 Å². The first kappa shape index (κ1) is 14.2. The minimum atomic E-state index is -0.174. The van der Waals surface area contributed by atoms with Crippen LogP contribution in [0, 0.1) is 0 Å². The first-order valence-electron chi connectivity index (χ1n) is 5.52. The highest BCUT2D eigenvalue weighted by Gasteiger charge is 2.12. The lowest BCUT2D eigenvalue weighted by atomic mass is 9.62. The zero-order chi connectivity index (χ0) is 12.8. The molecule has 1 aromatic rings. The van der Waals surface area contributed by atoms with E-state index < -0.39 is 0 Å². The molecule has 0 saturated heterocycles. The summed E-state index contributed by atoms with van der Waals surface area (Å²) in [5.74, 6) is 0.609. The number of rotatable bonds is 6. The van der Waals surface area contributed by atoms with Crippen molar-refractivity contribution in [3.05, 3.63) is 12.4 Å². The van der Waals surface area contributed by atoms with Gasteiger partial charge in [-0.3, -0.25) is 13.9 Å². The first-order chi connectivity index (χ1) is 8.10. The van der Waals surface area contributed by atoms with Crippen LogP contribution in [0.5, 0.6) is 0 Å². The van der Waals surface area contributed by atoms with E-state index in [-0.39, 0.29) is 11.8 Å². The highest BCUT2D eigenvalue weighted by Crippen LogP contribution is 2.14. The molecule has 0 bridgehead atoms. The fourth-order valence-corrected chi connectivity index (χ4v) is 2.17. The Morgan fingerprint density at radius 1 is 1.71 bits per heavy atom. The molecule has 6 heteroatoms. The number of aryl methyl sites for hydroxylation is 2. The molecule has 2 radical (unpaired) electrons. The van der Waals surface area contributed by atoms with Crippen LogP contribution in [0.3, 0.4) is 0 Å². The highest BCUT2D eigenvalue weighted by atomic mass is 32.2. The van der Waals surface area contributed by atoms with Gasteiger partial charge in [0.15, 0.2) is 0 Å². The monoisotopic (exact) mass is 254 g/mol. The summed E-state index contributed by atoms with van der Waals surface area (Å²) in [7, 11) is 7.35. The number of esters is 1. The molecule has 1 aromatic heterocycles. The third-order valence-corrected chi connectivity index (χ3v) is 3.37. The molecule has 1 rings (SSSR count). The average Bonchev–Trinajstić information content (AvgIpc) is 2.64. The van der Waals surface area contributed by atoms with Crippen LogP contribution in [-0.2, 0) is 23.6 Å². The minimum absolute atomic E-state index is 0.166. The molecule has 0 aromatic carbocycles. The molecule has 17 heavy (non-hydrogen) atoms. The van der Waals surface area contributed by atoms with Crippen molar-refractivity contribution in [2.24, 2.45) is 14.1 Å². The SMILES string of the molecule is COC(=O)C([B-]c1n(C)cc[n+]1C)CCSC. The van der Waals surface area contributed by atoms with E-state index >= 15 is 0 Å². The predicted octanol–water partition coefficient (Wildman–Crippen LogP) is -0.106. The predicted molar refractivity (Wildman–Crippen MR) is 70.7 cm³/mol. The van der Waals surface area contributed by atoms with Gasteiger partial charge in [0.2, 0.25) is 0 Å². The Kier molecular flexibility index (Phi) is 5.61. The molecule has 0 aliphatic rings. The molecule has 0 aliphatic carbocycles. The number of hydrogen-bond acceptors (Lipinski definition) is 3. The molecular weight excluding hydrogens is 235 g/mol. The third kappa shape index (κ3) is 3.80. The molecule has 1 heterocycles. The van der Waals surface area contributed by atoms with E-state index in [1.54, 1.807) is 11.8 Å². The lowest BCUT2D eigenvalue weighted by Gasteiger charge is -2.23. The van der Waals surface area contributed by atoms with Gasteiger partial charge in [-0.2, -0.15) is 19.0 Å². The van der Waals surface area contributed by atoms with Crippen molar-refractivity contribution in [1.82, 2.24) is 4.57 Å². The van der Waals surface area contributed by atoms with Gasteiger partial charge in [0.1, 0.15) is 12.4 Å². The Bertz CT molecular complexity index is 362. The van der Waals surface area contributed by atoms with Gasteiger partial charge < -0.3 is 4.74 Å². The summed E-state index contributed by atoms with van der Waals surface area (Å²) in [6.07, 6.45) is 6.78. The van der Waals surface area contributed by atoms with Crippen LogP contribution < -0.4 is 10.3 Å². The molecule has 0 aliphatic heterocycles. The van der Waals surface area contributed by atoms with Gasteiger partial charge >= 0.3 is 0 Å². The average molecular weight is 254 g/mol. The van der Waals surface area contributed by atoms with Gasteiger partial charge in [-0.05, 0) is 12.0 Å². The quantitative estimate of drug-likeness (QED) is 0.404. The summed E-state index contributed by atoms with van der Waals surface area (Å²) < 4.78 is 8.83. The summed E-state index contributed by atoms with van der Waals surface area (Å²) in [4.78, 5) is 11.7. The minimum Gasteiger partial charge on any atom is -0.471 e. The summed E-state index contributed by atoms with van der Waals surface area (Å²) in [6.45, 7) is 0.